The van der Waals surface area contributed by atoms with E-state index in [-0.39, 0.29) is 11.8 Å². The summed E-state index contributed by atoms with van der Waals surface area (Å²) < 4.78 is 0. The minimum Gasteiger partial charge on any atom is -0.398 e. The number of amides is 1. The predicted octanol–water partition coefficient (Wildman–Crippen LogP) is 1.11. The van der Waals surface area contributed by atoms with E-state index in [4.69, 9.17) is 5.73 Å². The van der Waals surface area contributed by atoms with Gasteiger partial charge in [0.15, 0.2) is 0 Å². The van der Waals surface area contributed by atoms with Gasteiger partial charge in [-0.05, 0) is 24.5 Å². The molecule has 1 aliphatic rings. The minimum absolute atomic E-state index is 0.0888. The Morgan fingerprint density at radius 2 is 2.18 bits per heavy atom. The first-order valence-corrected chi connectivity index (χ1v) is 5.91. The normalized spacial score (nSPS) is 24.7. The standard InChI is InChI=1S/C13H18N2O2/c1-9-6-7-15(8-12(9)16)13(17)10-4-2-3-5-11(10)14/h2-5,9,12,16H,6-8,14H2,1H3. The number of β-amino-alcohol motifs (C(OH)–C–C–N with tert-alkyl or cyclic N) is 1. The number of aliphatic hydroxyl groups excluding tert-OH is 1. The first-order chi connectivity index (χ1) is 8.09. The summed E-state index contributed by atoms with van der Waals surface area (Å²) in [4.78, 5) is 13.9. The molecule has 17 heavy (non-hydrogen) atoms. The van der Waals surface area contributed by atoms with Crippen molar-refractivity contribution in [1.29, 1.82) is 0 Å². The number of likely N-dealkylation sites (tertiary alicyclic amines) is 1. The molecule has 0 aromatic heterocycles. The molecule has 2 unspecified atom stereocenters. The number of nitrogen functional groups attached to an aromatic ring is 1. The van der Waals surface area contributed by atoms with Crippen LogP contribution in [0.3, 0.4) is 0 Å². The molecule has 1 amide bonds. The summed E-state index contributed by atoms with van der Waals surface area (Å²) in [5.74, 6) is 0.168. The van der Waals surface area contributed by atoms with Crippen LogP contribution >= 0.6 is 0 Å². The molecular formula is C13H18N2O2. The maximum atomic E-state index is 12.2. The highest BCUT2D eigenvalue weighted by Gasteiger charge is 2.28. The van der Waals surface area contributed by atoms with Gasteiger partial charge in [0, 0.05) is 18.8 Å². The Bertz CT molecular complexity index is 420. The second kappa shape index (κ2) is 4.75. The van der Waals surface area contributed by atoms with Crippen LogP contribution in [-0.2, 0) is 0 Å². The van der Waals surface area contributed by atoms with Gasteiger partial charge >= 0.3 is 0 Å². The third-order valence-electron chi connectivity index (χ3n) is 3.40. The Morgan fingerprint density at radius 3 is 2.82 bits per heavy atom. The second-order valence-electron chi connectivity index (χ2n) is 4.67. The van der Waals surface area contributed by atoms with Gasteiger partial charge in [-0.25, -0.2) is 0 Å². The molecule has 4 nitrogen and oxygen atoms in total. The lowest BCUT2D eigenvalue weighted by atomic mass is 9.95. The summed E-state index contributed by atoms with van der Waals surface area (Å²) in [6, 6.07) is 7.05. The van der Waals surface area contributed by atoms with Gasteiger partial charge in [-0.1, -0.05) is 19.1 Å². The molecule has 1 heterocycles. The van der Waals surface area contributed by atoms with E-state index in [1.165, 1.54) is 0 Å². The van der Waals surface area contributed by atoms with Crippen molar-refractivity contribution in [3.05, 3.63) is 29.8 Å². The van der Waals surface area contributed by atoms with Gasteiger partial charge in [0.2, 0.25) is 0 Å². The monoisotopic (exact) mass is 234 g/mol. The van der Waals surface area contributed by atoms with Crippen molar-refractivity contribution in [3.8, 4) is 0 Å². The molecule has 1 aliphatic heterocycles. The van der Waals surface area contributed by atoms with Crippen LogP contribution in [0.2, 0.25) is 0 Å². The third kappa shape index (κ3) is 2.42. The number of piperidine rings is 1. The van der Waals surface area contributed by atoms with Gasteiger partial charge in [0.25, 0.3) is 5.91 Å². The summed E-state index contributed by atoms with van der Waals surface area (Å²) in [5, 5.41) is 9.79. The summed E-state index contributed by atoms with van der Waals surface area (Å²) in [6.45, 7) is 3.09. The van der Waals surface area contributed by atoms with E-state index in [9.17, 15) is 9.90 Å². The predicted molar refractivity (Wildman–Crippen MR) is 66.5 cm³/mol. The molecule has 1 aromatic rings. The van der Waals surface area contributed by atoms with Gasteiger partial charge in [-0.3, -0.25) is 4.79 Å². The minimum atomic E-state index is -0.433. The fourth-order valence-electron chi connectivity index (χ4n) is 2.10. The number of nitrogens with zero attached hydrogens (tertiary/aromatic N) is 1. The van der Waals surface area contributed by atoms with E-state index in [0.29, 0.717) is 24.3 Å². The molecule has 1 fully saturated rings. The van der Waals surface area contributed by atoms with E-state index in [0.717, 1.165) is 6.42 Å². The van der Waals surface area contributed by atoms with Crippen LogP contribution in [-0.4, -0.2) is 35.1 Å². The van der Waals surface area contributed by atoms with E-state index in [1.807, 2.05) is 6.92 Å². The van der Waals surface area contributed by atoms with Crippen molar-refractivity contribution in [2.45, 2.75) is 19.4 Å². The maximum Gasteiger partial charge on any atom is 0.256 e. The Labute approximate surface area is 101 Å². The molecule has 92 valence electrons. The van der Waals surface area contributed by atoms with Crippen LogP contribution in [0.4, 0.5) is 5.69 Å². The summed E-state index contributed by atoms with van der Waals surface area (Å²) in [5.41, 5.74) is 6.79. The number of nitrogens with two attached hydrogens (primary N) is 1. The number of anilines is 1. The van der Waals surface area contributed by atoms with Crippen molar-refractivity contribution >= 4 is 11.6 Å². The largest absolute Gasteiger partial charge is 0.398 e. The molecule has 3 N–H and O–H groups in total. The fraction of sp³-hybridized carbons (Fsp3) is 0.462. The number of rotatable bonds is 1. The van der Waals surface area contributed by atoms with E-state index in [1.54, 1.807) is 29.2 Å². The van der Waals surface area contributed by atoms with Crippen molar-refractivity contribution in [2.24, 2.45) is 5.92 Å². The zero-order valence-electron chi connectivity index (χ0n) is 9.97. The SMILES string of the molecule is CC1CCN(C(=O)c2ccccc2N)CC1O. The average molecular weight is 234 g/mol. The number of carbonyl (C=O) groups excluding carboxylic acids is 1. The fourth-order valence-corrected chi connectivity index (χ4v) is 2.10. The number of para-hydroxylation sites is 1. The van der Waals surface area contributed by atoms with Gasteiger partial charge in [0.1, 0.15) is 0 Å². The first kappa shape index (κ1) is 11.9. The van der Waals surface area contributed by atoms with Crippen LogP contribution in [0.1, 0.15) is 23.7 Å². The van der Waals surface area contributed by atoms with E-state index >= 15 is 0 Å². The topological polar surface area (TPSA) is 66.6 Å². The van der Waals surface area contributed by atoms with Gasteiger partial charge < -0.3 is 15.7 Å². The Morgan fingerprint density at radius 1 is 1.47 bits per heavy atom. The van der Waals surface area contributed by atoms with Crippen LogP contribution in [0.5, 0.6) is 0 Å². The molecule has 1 aromatic carbocycles. The van der Waals surface area contributed by atoms with Gasteiger partial charge in [-0.2, -0.15) is 0 Å². The third-order valence-corrected chi connectivity index (χ3v) is 3.40. The second-order valence-corrected chi connectivity index (χ2v) is 4.67. The van der Waals surface area contributed by atoms with Crippen molar-refractivity contribution in [3.63, 3.8) is 0 Å². The molecule has 0 spiro atoms. The van der Waals surface area contributed by atoms with Crippen molar-refractivity contribution in [2.75, 3.05) is 18.8 Å². The van der Waals surface area contributed by atoms with Crippen LogP contribution in [0.15, 0.2) is 24.3 Å². The van der Waals surface area contributed by atoms with Crippen molar-refractivity contribution in [1.82, 2.24) is 4.90 Å². The zero-order chi connectivity index (χ0) is 12.4. The number of hydrogen-bond donors (Lipinski definition) is 2. The molecule has 4 heteroatoms. The van der Waals surface area contributed by atoms with Crippen LogP contribution in [0, 0.1) is 5.92 Å². The molecule has 0 bridgehead atoms. The van der Waals surface area contributed by atoms with E-state index in [2.05, 4.69) is 0 Å². The van der Waals surface area contributed by atoms with Gasteiger partial charge in [-0.15, -0.1) is 0 Å². The molecule has 0 radical (unpaired) electrons. The highest BCUT2D eigenvalue weighted by atomic mass is 16.3. The van der Waals surface area contributed by atoms with Gasteiger partial charge in [0.05, 0.1) is 11.7 Å². The lowest BCUT2D eigenvalue weighted by Crippen LogP contribution is -2.45. The number of aliphatic hydroxyl groups is 1. The van der Waals surface area contributed by atoms with Crippen LogP contribution in [0.25, 0.3) is 0 Å². The Kier molecular flexibility index (Phi) is 3.33. The van der Waals surface area contributed by atoms with Crippen molar-refractivity contribution < 1.29 is 9.90 Å². The summed E-state index contributed by atoms with van der Waals surface area (Å²) in [6.07, 6.45) is 0.400. The number of carbonyl (C=O) groups is 1. The number of benzene rings is 1. The Balaban J connectivity index is 2.14. The molecule has 1 saturated heterocycles. The molecule has 2 atom stereocenters. The molecule has 2 rings (SSSR count). The zero-order valence-corrected chi connectivity index (χ0v) is 9.97. The first-order valence-electron chi connectivity index (χ1n) is 5.91. The highest BCUT2D eigenvalue weighted by molar-refractivity contribution is 5.99. The highest BCUT2D eigenvalue weighted by Crippen LogP contribution is 2.20. The molecule has 0 saturated carbocycles. The summed E-state index contributed by atoms with van der Waals surface area (Å²) in [7, 11) is 0. The smallest absolute Gasteiger partial charge is 0.256 e. The summed E-state index contributed by atoms with van der Waals surface area (Å²) >= 11 is 0. The van der Waals surface area contributed by atoms with E-state index < -0.39 is 6.10 Å². The maximum absolute atomic E-state index is 12.2. The Hall–Kier alpha value is -1.55. The van der Waals surface area contributed by atoms with Crippen LogP contribution < -0.4 is 5.73 Å². The molecular weight excluding hydrogens is 216 g/mol. The quantitative estimate of drug-likeness (QED) is 0.715. The number of hydrogen-bond acceptors (Lipinski definition) is 3. The lowest BCUT2D eigenvalue weighted by molar-refractivity contribution is 0.0249. The molecule has 0 aliphatic carbocycles. The average Bonchev–Trinajstić information content (AvgIpc) is 2.32. The lowest BCUT2D eigenvalue weighted by Gasteiger charge is -2.34.